The molecule has 0 aliphatic heterocycles. The van der Waals surface area contributed by atoms with Gasteiger partial charge < -0.3 is 4.74 Å². The van der Waals surface area contributed by atoms with E-state index in [-0.39, 0.29) is 0 Å². The van der Waals surface area contributed by atoms with Crippen LogP contribution in [0.2, 0.25) is 6.32 Å². The molecule has 1 nitrogen and oxygen atoms in total. The van der Waals surface area contributed by atoms with Crippen molar-refractivity contribution >= 4 is 7.85 Å². The van der Waals surface area contributed by atoms with Crippen LogP contribution in [0.5, 0.6) is 0 Å². The van der Waals surface area contributed by atoms with Crippen LogP contribution in [-0.2, 0) is 4.74 Å². The van der Waals surface area contributed by atoms with Crippen molar-refractivity contribution in [2.75, 3.05) is 13.2 Å². The molecule has 8 heavy (non-hydrogen) atoms. The van der Waals surface area contributed by atoms with Crippen LogP contribution >= 0.6 is 0 Å². The van der Waals surface area contributed by atoms with E-state index in [0.29, 0.717) is 5.92 Å². The summed E-state index contributed by atoms with van der Waals surface area (Å²) in [5.74, 6) is 0.509. The monoisotopic (exact) mass is 112 g/mol. The van der Waals surface area contributed by atoms with Crippen molar-refractivity contribution < 1.29 is 4.74 Å². The minimum Gasteiger partial charge on any atom is -0.381 e. The molecule has 2 heteroatoms. The molecule has 0 aromatic rings. The van der Waals surface area contributed by atoms with Gasteiger partial charge in [-0.15, -0.1) is 0 Å². The highest BCUT2D eigenvalue weighted by Gasteiger charge is 1.94. The van der Waals surface area contributed by atoms with E-state index in [2.05, 4.69) is 6.92 Å². The van der Waals surface area contributed by atoms with Gasteiger partial charge in [-0.1, -0.05) is 13.2 Å². The fourth-order valence-corrected chi connectivity index (χ4v) is 0.387. The maximum absolute atomic E-state index is 5.33. The van der Waals surface area contributed by atoms with Gasteiger partial charge in [-0.25, -0.2) is 0 Å². The molecule has 0 amide bonds. The van der Waals surface area contributed by atoms with Gasteiger partial charge in [0.1, 0.15) is 0 Å². The maximum atomic E-state index is 5.33. The minimum atomic E-state index is 0.509. The number of ether oxygens (including phenoxy) is 1. The van der Waals surface area contributed by atoms with E-state index < -0.39 is 0 Å². The molecule has 0 N–H and O–H groups in total. The third-order valence-corrected chi connectivity index (χ3v) is 1.01. The first-order valence-electron chi connectivity index (χ1n) is 3.09. The Labute approximate surface area is 52.8 Å². The van der Waals surface area contributed by atoms with Crippen LogP contribution in [0.25, 0.3) is 0 Å². The second-order valence-electron chi connectivity index (χ2n) is 2.00. The Hall–Kier alpha value is 0.0249. The average Bonchev–Trinajstić information content (AvgIpc) is 1.83. The maximum Gasteiger partial charge on any atom is 0.0657 e. The molecule has 0 spiro atoms. The summed E-state index contributed by atoms with van der Waals surface area (Å²) in [7, 11) is 5.33. The van der Waals surface area contributed by atoms with E-state index in [1.807, 2.05) is 6.92 Å². The van der Waals surface area contributed by atoms with E-state index in [4.69, 9.17) is 12.6 Å². The van der Waals surface area contributed by atoms with Crippen molar-refractivity contribution in [2.24, 2.45) is 5.92 Å². The van der Waals surface area contributed by atoms with Gasteiger partial charge in [-0.3, -0.25) is 0 Å². The van der Waals surface area contributed by atoms with Gasteiger partial charge in [0.05, 0.1) is 7.85 Å². The lowest BCUT2D eigenvalue weighted by Crippen LogP contribution is -2.04. The summed E-state index contributed by atoms with van der Waals surface area (Å²) in [6, 6.07) is 0. The van der Waals surface area contributed by atoms with Crippen molar-refractivity contribution in [3.63, 3.8) is 0 Å². The Bertz CT molecular complexity index is 47.8. The van der Waals surface area contributed by atoms with Crippen LogP contribution in [0.3, 0.4) is 0 Å². The fourth-order valence-electron chi connectivity index (χ4n) is 0.387. The Kier molecular flexibility index (Phi) is 5.18. The highest BCUT2D eigenvalue weighted by Crippen LogP contribution is 1.98. The average molecular weight is 112 g/mol. The molecule has 46 valence electrons. The summed E-state index contributed by atoms with van der Waals surface area (Å²) in [6.45, 7) is 5.66. The number of rotatable bonds is 4. The molecule has 1 atom stereocenters. The van der Waals surface area contributed by atoms with E-state index >= 15 is 0 Å². The van der Waals surface area contributed by atoms with Crippen LogP contribution in [0.4, 0.5) is 0 Å². The first kappa shape index (κ1) is 8.02. The van der Waals surface area contributed by atoms with Gasteiger partial charge in [0.2, 0.25) is 0 Å². The lowest BCUT2D eigenvalue weighted by atomic mass is 9.93. The largest absolute Gasteiger partial charge is 0.381 e. The normalized spacial score (nSPS) is 13.8. The number of hydrogen-bond donors (Lipinski definition) is 0. The molecule has 0 aliphatic carbocycles. The lowest BCUT2D eigenvalue weighted by Gasteiger charge is -2.06. The smallest absolute Gasteiger partial charge is 0.0657 e. The fraction of sp³-hybridized carbons (Fsp3) is 1.00. The zero-order chi connectivity index (χ0) is 6.41. The molecule has 2 radical (unpaired) electrons. The third kappa shape index (κ3) is 4.19. The third-order valence-electron chi connectivity index (χ3n) is 1.01. The van der Waals surface area contributed by atoms with Gasteiger partial charge >= 0.3 is 0 Å². The predicted molar refractivity (Wildman–Crippen MR) is 36.2 cm³/mol. The first-order valence-corrected chi connectivity index (χ1v) is 3.09. The second-order valence-corrected chi connectivity index (χ2v) is 2.00. The van der Waals surface area contributed by atoms with Crippen molar-refractivity contribution in [1.82, 2.24) is 0 Å². The highest BCUT2D eigenvalue weighted by molar-refractivity contribution is 6.08. The second kappa shape index (κ2) is 5.17. The van der Waals surface area contributed by atoms with Crippen molar-refractivity contribution in [3.8, 4) is 0 Å². The molecular weight excluding hydrogens is 98.9 g/mol. The molecule has 1 unspecified atom stereocenters. The SMILES string of the molecule is [B]CC(C)COCC. The Balaban J connectivity index is 2.86. The zero-order valence-electron chi connectivity index (χ0n) is 5.68. The standard InChI is InChI=1S/C6H13BO/c1-3-8-5-6(2)4-7/h6H,3-5H2,1-2H3. The summed E-state index contributed by atoms with van der Waals surface area (Å²) in [6.07, 6.45) is 0.722. The molecule has 0 saturated heterocycles. The zero-order valence-corrected chi connectivity index (χ0v) is 5.68. The molecule has 0 saturated carbocycles. The first-order chi connectivity index (χ1) is 3.81. The summed E-state index contributed by atoms with van der Waals surface area (Å²) >= 11 is 0. The van der Waals surface area contributed by atoms with Crippen LogP contribution in [-0.4, -0.2) is 21.1 Å². The number of hydrogen-bond acceptors (Lipinski definition) is 1. The van der Waals surface area contributed by atoms with Crippen LogP contribution in [0.1, 0.15) is 13.8 Å². The van der Waals surface area contributed by atoms with Gasteiger partial charge in [0.25, 0.3) is 0 Å². The summed E-state index contributed by atoms with van der Waals surface area (Å²) in [4.78, 5) is 0. The molecule has 0 bridgehead atoms. The van der Waals surface area contributed by atoms with E-state index in [1.54, 1.807) is 0 Å². The topological polar surface area (TPSA) is 9.23 Å². The molecule has 0 heterocycles. The van der Waals surface area contributed by atoms with Crippen LogP contribution in [0, 0.1) is 5.92 Å². The highest BCUT2D eigenvalue weighted by atomic mass is 16.5. The Morgan fingerprint density at radius 1 is 1.62 bits per heavy atom. The summed E-state index contributed by atoms with van der Waals surface area (Å²) in [5, 5.41) is 0. The van der Waals surface area contributed by atoms with Crippen molar-refractivity contribution in [3.05, 3.63) is 0 Å². The van der Waals surface area contributed by atoms with E-state index in [1.165, 1.54) is 0 Å². The molecule has 0 aromatic carbocycles. The molecule has 0 rings (SSSR count). The molecular formula is C6H13BO. The lowest BCUT2D eigenvalue weighted by molar-refractivity contribution is 0.122. The van der Waals surface area contributed by atoms with Gasteiger partial charge in [0, 0.05) is 13.2 Å². The van der Waals surface area contributed by atoms with Crippen molar-refractivity contribution in [2.45, 2.75) is 20.2 Å². The van der Waals surface area contributed by atoms with Gasteiger partial charge in [-0.05, 0) is 12.8 Å². The predicted octanol–water partition coefficient (Wildman–Crippen LogP) is 1.25. The van der Waals surface area contributed by atoms with Crippen LogP contribution in [0.15, 0.2) is 0 Å². The molecule has 0 aromatic heterocycles. The van der Waals surface area contributed by atoms with E-state index in [9.17, 15) is 0 Å². The molecule has 0 fully saturated rings. The minimum absolute atomic E-state index is 0.509. The molecule has 0 aliphatic rings. The van der Waals surface area contributed by atoms with Gasteiger partial charge in [-0.2, -0.15) is 0 Å². The summed E-state index contributed by atoms with van der Waals surface area (Å²) in [5.41, 5.74) is 0. The Morgan fingerprint density at radius 2 is 2.25 bits per heavy atom. The van der Waals surface area contributed by atoms with Crippen molar-refractivity contribution in [1.29, 1.82) is 0 Å². The Morgan fingerprint density at radius 3 is 2.62 bits per heavy atom. The quantitative estimate of drug-likeness (QED) is 0.497. The van der Waals surface area contributed by atoms with Gasteiger partial charge in [0.15, 0.2) is 0 Å². The summed E-state index contributed by atoms with van der Waals surface area (Å²) < 4.78 is 5.11. The van der Waals surface area contributed by atoms with E-state index in [0.717, 1.165) is 19.5 Å². The van der Waals surface area contributed by atoms with Crippen LogP contribution < -0.4 is 0 Å².